The van der Waals surface area contributed by atoms with Crippen LogP contribution < -0.4 is 4.90 Å². The molecule has 0 amide bonds. The summed E-state index contributed by atoms with van der Waals surface area (Å²) in [6.45, 7) is 4.98. The number of ether oxygens (including phenoxy) is 1. The molecular formula is C18H27FN2O2. The normalized spacial score (nSPS) is 22.7. The Morgan fingerprint density at radius 1 is 1.22 bits per heavy atom. The minimum Gasteiger partial charge on any atom is -0.396 e. The Balaban J connectivity index is 1.63. The lowest BCUT2D eigenvalue weighted by molar-refractivity contribution is 0.122. The van der Waals surface area contributed by atoms with Gasteiger partial charge in [-0.15, -0.1) is 0 Å². The average Bonchev–Trinajstić information content (AvgIpc) is 3.01. The minimum absolute atomic E-state index is 0.129. The van der Waals surface area contributed by atoms with E-state index in [0.717, 1.165) is 44.6 Å². The van der Waals surface area contributed by atoms with Crippen LogP contribution in [-0.2, 0) is 11.3 Å². The number of aliphatic hydroxyl groups excluding tert-OH is 1. The third kappa shape index (κ3) is 4.22. The van der Waals surface area contributed by atoms with Gasteiger partial charge in [-0.3, -0.25) is 4.90 Å². The Kier molecular flexibility index (Phi) is 5.86. The zero-order chi connectivity index (χ0) is 16.1. The van der Waals surface area contributed by atoms with Crippen molar-refractivity contribution >= 4 is 5.69 Å². The third-order valence-electron chi connectivity index (χ3n) is 4.94. The van der Waals surface area contributed by atoms with Gasteiger partial charge >= 0.3 is 0 Å². The van der Waals surface area contributed by atoms with Crippen molar-refractivity contribution in [2.75, 3.05) is 44.4 Å². The Bertz CT molecular complexity index is 506. The highest BCUT2D eigenvalue weighted by Gasteiger charge is 2.24. The summed E-state index contributed by atoms with van der Waals surface area (Å²) in [5.74, 6) is -0.129. The maximum atomic E-state index is 14.5. The van der Waals surface area contributed by atoms with Crippen molar-refractivity contribution in [2.24, 2.45) is 0 Å². The predicted octanol–water partition coefficient (Wildman–Crippen LogP) is 2.40. The Hall–Kier alpha value is -1.17. The first-order valence-electron chi connectivity index (χ1n) is 8.74. The number of hydrogen-bond acceptors (Lipinski definition) is 4. The van der Waals surface area contributed by atoms with Gasteiger partial charge in [0.2, 0.25) is 0 Å². The van der Waals surface area contributed by atoms with E-state index in [1.165, 1.54) is 12.8 Å². The van der Waals surface area contributed by atoms with Gasteiger partial charge in [0.05, 0.1) is 18.9 Å². The van der Waals surface area contributed by atoms with Gasteiger partial charge in [-0.2, -0.15) is 0 Å². The highest BCUT2D eigenvalue weighted by atomic mass is 19.1. The number of rotatable bonds is 6. The molecule has 1 aromatic rings. The van der Waals surface area contributed by atoms with Crippen molar-refractivity contribution in [1.29, 1.82) is 0 Å². The van der Waals surface area contributed by atoms with Crippen LogP contribution in [0, 0.1) is 5.82 Å². The predicted molar refractivity (Wildman–Crippen MR) is 89.2 cm³/mol. The minimum atomic E-state index is -0.129. The number of hydrogen-bond donors (Lipinski definition) is 1. The van der Waals surface area contributed by atoms with Crippen LogP contribution >= 0.6 is 0 Å². The van der Waals surface area contributed by atoms with E-state index in [0.29, 0.717) is 24.9 Å². The van der Waals surface area contributed by atoms with Crippen molar-refractivity contribution in [3.05, 3.63) is 29.6 Å². The van der Waals surface area contributed by atoms with Gasteiger partial charge in [0.25, 0.3) is 0 Å². The number of anilines is 1. The van der Waals surface area contributed by atoms with E-state index in [-0.39, 0.29) is 12.4 Å². The lowest BCUT2D eigenvalue weighted by Crippen LogP contribution is -2.36. The van der Waals surface area contributed by atoms with E-state index in [2.05, 4.69) is 15.9 Å². The van der Waals surface area contributed by atoms with Crippen LogP contribution in [0.5, 0.6) is 0 Å². The lowest BCUT2D eigenvalue weighted by atomic mass is 10.1. The van der Waals surface area contributed by atoms with Crippen molar-refractivity contribution in [2.45, 2.75) is 38.3 Å². The number of halogens is 1. The molecule has 2 heterocycles. The third-order valence-corrected chi connectivity index (χ3v) is 4.94. The monoisotopic (exact) mass is 322 g/mol. The van der Waals surface area contributed by atoms with Crippen LogP contribution in [0.15, 0.2) is 18.2 Å². The largest absolute Gasteiger partial charge is 0.396 e. The summed E-state index contributed by atoms with van der Waals surface area (Å²) in [7, 11) is 0. The quantitative estimate of drug-likeness (QED) is 0.872. The van der Waals surface area contributed by atoms with Gasteiger partial charge in [0.1, 0.15) is 5.82 Å². The summed E-state index contributed by atoms with van der Waals surface area (Å²) < 4.78 is 19.8. The lowest BCUT2D eigenvalue weighted by Gasteiger charge is -2.29. The van der Waals surface area contributed by atoms with E-state index in [1.54, 1.807) is 6.07 Å². The highest BCUT2D eigenvalue weighted by Crippen LogP contribution is 2.26. The fraction of sp³-hybridized carbons (Fsp3) is 0.667. The zero-order valence-corrected chi connectivity index (χ0v) is 13.7. The molecule has 0 radical (unpaired) electrons. The first-order chi connectivity index (χ1) is 11.3. The summed E-state index contributed by atoms with van der Waals surface area (Å²) in [6, 6.07) is 6.18. The van der Waals surface area contributed by atoms with Gasteiger partial charge in [-0.05, 0) is 49.9 Å². The van der Waals surface area contributed by atoms with Gasteiger partial charge in [0.15, 0.2) is 0 Å². The van der Waals surface area contributed by atoms with E-state index in [9.17, 15) is 4.39 Å². The molecule has 0 aromatic heterocycles. The second kappa shape index (κ2) is 8.08. The molecule has 1 aromatic carbocycles. The van der Waals surface area contributed by atoms with Gasteiger partial charge < -0.3 is 14.7 Å². The maximum Gasteiger partial charge on any atom is 0.146 e. The molecule has 1 N–H and O–H groups in total. The van der Waals surface area contributed by atoms with E-state index >= 15 is 0 Å². The molecule has 2 fully saturated rings. The fourth-order valence-electron chi connectivity index (χ4n) is 3.70. The van der Waals surface area contributed by atoms with E-state index in [4.69, 9.17) is 9.84 Å². The summed E-state index contributed by atoms with van der Waals surface area (Å²) in [6.07, 6.45) is 4.27. The molecule has 5 heteroatoms. The number of morpholine rings is 1. The Labute approximate surface area is 137 Å². The fourth-order valence-corrected chi connectivity index (χ4v) is 3.70. The Morgan fingerprint density at radius 3 is 2.78 bits per heavy atom. The molecule has 0 saturated carbocycles. The molecule has 3 rings (SSSR count). The van der Waals surface area contributed by atoms with Crippen LogP contribution in [-0.4, -0.2) is 55.5 Å². The van der Waals surface area contributed by atoms with Gasteiger partial charge in [-0.25, -0.2) is 4.39 Å². The Morgan fingerprint density at radius 2 is 2.04 bits per heavy atom. The maximum absolute atomic E-state index is 14.5. The molecule has 0 spiro atoms. The standard InChI is InChI=1S/C18H27FN2O2/c19-17-13-15(5-6-18(17)20-8-11-23-12-9-20)14-21-7-1-3-16(21)4-2-10-22/h5-6,13,16,22H,1-4,7-12,14H2. The molecule has 128 valence electrons. The second-order valence-corrected chi connectivity index (χ2v) is 6.52. The number of likely N-dealkylation sites (tertiary alicyclic amines) is 1. The van der Waals surface area contributed by atoms with Crippen LogP contribution in [0.4, 0.5) is 10.1 Å². The van der Waals surface area contributed by atoms with Crippen LogP contribution in [0.3, 0.4) is 0 Å². The second-order valence-electron chi connectivity index (χ2n) is 6.52. The number of benzene rings is 1. The summed E-state index contributed by atoms with van der Waals surface area (Å²) in [5.41, 5.74) is 1.73. The van der Waals surface area contributed by atoms with E-state index in [1.807, 2.05) is 6.07 Å². The zero-order valence-electron chi connectivity index (χ0n) is 13.7. The van der Waals surface area contributed by atoms with Crippen molar-refractivity contribution in [3.8, 4) is 0 Å². The van der Waals surface area contributed by atoms with Crippen molar-refractivity contribution in [1.82, 2.24) is 4.90 Å². The molecular weight excluding hydrogens is 295 g/mol. The summed E-state index contributed by atoms with van der Waals surface area (Å²) in [4.78, 5) is 4.49. The first kappa shape index (κ1) is 16.7. The topological polar surface area (TPSA) is 35.9 Å². The number of aliphatic hydroxyl groups is 1. The van der Waals surface area contributed by atoms with Crippen molar-refractivity contribution < 1.29 is 14.2 Å². The smallest absolute Gasteiger partial charge is 0.146 e. The van der Waals surface area contributed by atoms with Gasteiger partial charge in [-0.1, -0.05) is 6.07 Å². The molecule has 2 aliphatic heterocycles. The molecule has 0 bridgehead atoms. The first-order valence-corrected chi connectivity index (χ1v) is 8.74. The summed E-state index contributed by atoms with van der Waals surface area (Å²) >= 11 is 0. The van der Waals surface area contributed by atoms with E-state index < -0.39 is 0 Å². The molecule has 0 aliphatic carbocycles. The van der Waals surface area contributed by atoms with Crippen LogP contribution in [0.25, 0.3) is 0 Å². The molecule has 1 atom stereocenters. The van der Waals surface area contributed by atoms with Crippen LogP contribution in [0.2, 0.25) is 0 Å². The molecule has 1 unspecified atom stereocenters. The summed E-state index contributed by atoms with van der Waals surface area (Å²) in [5, 5.41) is 9.01. The molecule has 23 heavy (non-hydrogen) atoms. The SMILES string of the molecule is OCCCC1CCCN1Cc1ccc(N2CCOCC2)c(F)c1. The molecule has 2 aliphatic rings. The van der Waals surface area contributed by atoms with Gasteiger partial charge in [0, 0.05) is 32.3 Å². The highest BCUT2D eigenvalue weighted by molar-refractivity contribution is 5.49. The average molecular weight is 322 g/mol. The van der Waals surface area contributed by atoms with Crippen molar-refractivity contribution in [3.63, 3.8) is 0 Å². The molecule has 2 saturated heterocycles. The van der Waals surface area contributed by atoms with Crippen LogP contribution in [0.1, 0.15) is 31.2 Å². The number of nitrogens with zero attached hydrogens (tertiary/aromatic N) is 2. The molecule has 4 nitrogen and oxygen atoms in total.